The molecule has 106 valence electrons. The van der Waals surface area contributed by atoms with Crippen LogP contribution in [0.2, 0.25) is 0 Å². The lowest BCUT2D eigenvalue weighted by Gasteiger charge is -2.13. The Labute approximate surface area is 114 Å². The second kappa shape index (κ2) is 7.76. The Morgan fingerprint density at radius 1 is 1.42 bits per heavy atom. The van der Waals surface area contributed by atoms with Gasteiger partial charge in [-0.1, -0.05) is 0 Å². The van der Waals surface area contributed by atoms with Crippen LogP contribution in [0.25, 0.3) is 0 Å². The number of Topliss-reactive ketones (excluding diaryl/α,β-unsaturated/α-hetero) is 1. The lowest BCUT2D eigenvalue weighted by atomic mass is 10.0. The third kappa shape index (κ3) is 4.54. The van der Waals surface area contributed by atoms with E-state index in [1.807, 2.05) is 6.92 Å². The second-order valence-corrected chi connectivity index (χ2v) is 4.34. The molecule has 1 aromatic carbocycles. The minimum atomic E-state index is -0.246. The number of nitrogens with one attached hydrogen (secondary N) is 1. The molecule has 0 fully saturated rings. The number of nitrogen functional groups attached to an aromatic ring is 1. The number of ether oxygens (including phenoxy) is 2. The number of ketones is 1. The fraction of sp³-hybridized carbons (Fsp3) is 0.500. The number of hydrogen-bond donors (Lipinski definition) is 2. The molecule has 0 saturated carbocycles. The second-order valence-electron chi connectivity index (χ2n) is 4.34. The molecular weight excluding hydrogens is 244 g/mol. The summed E-state index contributed by atoms with van der Waals surface area (Å²) < 4.78 is 10.0. The van der Waals surface area contributed by atoms with Crippen LogP contribution in [0.1, 0.15) is 23.7 Å². The molecule has 0 spiro atoms. The van der Waals surface area contributed by atoms with E-state index < -0.39 is 0 Å². The van der Waals surface area contributed by atoms with Crippen molar-refractivity contribution in [1.82, 2.24) is 5.32 Å². The first-order valence-corrected chi connectivity index (χ1v) is 6.30. The van der Waals surface area contributed by atoms with Gasteiger partial charge in [0.25, 0.3) is 0 Å². The average molecular weight is 266 g/mol. The zero-order valence-electron chi connectivity index (χ0n) is 11.7. The maximum atomic E-state index is 12.2. The van der Waals surface area contributed by atoms with Crippen LogP contribution in [-0.4, -0.2) is 39.2 Å². The third-order valence-electron chi connectivity index (χ3n) is 2.88. The van der Waals surface area contributed by atoms with Gasteiger partial charge in [-0.05, 0) is 38.1 Å². The number of methoxy groups -OCH3 is 2. The summed E-state index contributed by atoms with van der Waals surface area (Å²) in [7, 11) is 3.21. The van der Waals surface area contributed by atoms with Gasteiger partial charge < -0.3 is 20.5 Å². The van der Waals surface area contributed by atoms with Gasteiger partial charge in [0.15, 0.2) is 5.78 Å². The van der Waals surface area contributed by atoms with Crippen molar-refractivity contribution in [3.05, 3.63) is 23.8 Å². The topological polar surface area (TPSA) is 73.6 Å². The van der Waals surface area contributed by atoms with Crippen LogP contribution in [0.5, 0.6) is 5.75 Å². The molecule has 19 heavy (non-hydrogen) atoms. The zero-order chi connectivity index (χ0) is 14.3. The number of carbonyl (C=O) groups is 1. The Bertz CT molecular complexity index is 421. The van der Waals surface area contributed by atoms with E-state index in [0.29, 0.717) is 23.6 Å². The predicted molar refractivity (Wildman–Crippen MR) is 75.7 cm³/mol. The number of rotatable bonds is 8. The first-order chi connectivity index (χ1) is 9.10. The van der Waals surface area contributed by atoms with Gasteiger partial charge in [-0.3, -0.25) is 4.79 Å². The Hall–Kier alpha value is -1.59. The SMILES string of the molecule is COCCCNC(C)C(=O)c1ccc(OC)c(N)c1. The van der Waals surface area contributed by atoms with E-state index in [4.69, 9.17) is 15.2 Å². The van der Waals surface area contributed by atoms with Crippen LogP contribution in [0.4, 0.5) is 5.69 Å². The van der Waals surface area contributed by atoms with Crippen molar-refractivity contribution in [3.63, 3.8) is 0 Å². The highest BCUT2D eigenvalue weighted by Crippen LogP contribution is 2.22. The molecule has 0 amide bonds. The van der Waals surface area contributed by atoms with E-state index in [-0.39, 0.29) is 11.8 Å². The largest absolute Gasteiger partial charge is 0.495 e. The molecule has 0 aliphatic heterocycles. The van der Waals surface area contributed by atoms with Crippen molar-refractivity contribution in [1.29, 1.82) is 0 Å². The molecule has 1 unspecified atom stereocenters. The number of carbonyl (C=O) groups excluding carboxylic acids is 1. The van der Waals surface area contributed by atoms with Crippen molar-refractivity contribution in [2.24, 2.45) is 0 Å². The summed E-state index contributed by atoms with van der Waals surface area (Å²) in [4.78, 5) is 12.2. The van der Waals surface area contributed by atoms with Crippen LogP contribution < -0.4 is 15.8 Å². The lowest BCUT2D eigenvalue weighted by molar-refractivity contribution is 0.0949. The fourth-order valence-electron chi connectivity index (χ4n) is 1.77. The molecule has 5 heteroatoms. The van der Waals surface area contributed by atoms with Crippen LogP contribution >= 0.6 is 0 Å². The maximum absolute atomic E-state index is 12.2. The quantitative estimate of drug-likeness (QED) is 0.423. The van der Waals surface area contributed by atoms with E-state index in [2.05, 4.69) is 5.32 Å². The first kappa shape index (κ1) is 15.5. The molecule has 0 aromatic heterocycles. The first-order valence-electron chi connectivity index (χ1n) is 6.30. The molecule has 0 radical (unpaired) electrons. The van der Waals surface area contributed by atoms with Crippen molar-refractivity contribution in [2.45, 2.75) is 19.4 Å². The van der Waals surface area contributed by atoms with Gasteiger partial charge in [-0.15, -0.1) is 0 Å². The summed E-state index contributed by atoms with van der Waals surface area (Å²) in [6.45, 7) is 3.27. The molecule has 5 nitrogen and oxygen atoms in total. The van der Waals surface area contributed by atoms with E-state index in [1.165, 1.54) is 0 Å². The van der Waals surface area contributed by atoms with Crippen molar-refractivity contribution < 1.29 is 14.3 Å². The Balaban J connectivity index is 2.59. The molecule has 0 bridgehead atoms. The molecule has 0 saturated heterocycles. The minimum absolute atomic E-state index is 0.0202. The number of hydrogen-bond acceptors (Lipinski definition) is 5. The molecular formula is C14H22N2O3. The number of benzene rings is 1. The average Bonchev–Trinajstić information content (AvgIpc) is 2.42. The number of nitrogens with two attached hydrogens (primary N) is 1. The van der Waals surface area contributed by atoms with Gasteiger partial charge >= 0.3 is 0 Å². The Kier molecular flexibility index (Phi) is 6.32. The summed E-state index contributed by atoms with van der Waals surface area (Å²) in [5.41, 5.74) is 6.86. The summed E-state index contributed by atoms with van der Waals surface area (Å²) in [6, 6.07) is 4.84. The zero-order valence-corrected chi connectivity index (χ0v) is 11.7. The Morgan fingerprint density at radius 2 is 2.16 bits per heavy atom. The molecule has 1 rings (SSSR count). The van der Waals surface area contributed by atoms with Gasteiger partial charge in [0, 0.05) is 19.3 Å². The van der Waals surface area contributed by atoms with Gasteiger partial charge in [0.05, 0.1) is 18.8 Å². The fourth-order valence-corrected chi connectivity index (χ4v) is 1.77. The van der Waals surface area contributed by atoms with Gasteiger partial charge in [0.2, 0.25) is 0 Å². The molecule has 0 heterocycles. The highest BCUT2D eigenvalue weighted by Gasteiger charge is 2.15. The molecule has 0 aliphatic carbocycles. The Morgan fingerprint density at radius 3 is 2.74 bits per heavy atom. The van der Waals surface area contributed by atoms with E-state index in [1.54, 1.807) is 32.4 Å². The van der Waals surface area contributed by atoms with Gasteiger partial charge in [0.1, 0.15) is 5.75 Å². The number of anilines is 1. The molecule has 3 N–H and O–H groups in total. The van der Waals surface area contributed by atoms with Crippen molar-refractivity contribution in [2.75, 3.05) is 33.1 Å². The summed E-state index contributed by atoms with van der Waals surface area (Å²) in [6.07, 6.45) is 0.874. The minimum Gasteiger partial charge on any atom is -0.495 e. The smallest absolute Gasteiger partial charge is 0.179 e. The van der Waals surface area contributed by atoms with Gasteiger partial charge in [-0.25, -0.2) is 0 Å². The monoisotopic (exact) mass is 266 g/mol. The summed E-state index contributed by atoms with van der Waals surface area (Å²) >= 11 is 0. The van der Waals surface area contributed by atoms with Crippen LogP contribution in [-0.2, 0) is 4.74 Å². The predicted octanol–water partition coefficient (Wildman–Crippen LogP) is 1.47. The van der Waals surface area contributed by atoms with Crippen LogP contribution in [0.15, 0.2) is 18.2 Å². The van der Waals surface area contributed by atoms with E-state index >= 15 is 0 Å². The van der Waals surface area contributed by atoms with Crippen LogP contribution in [0.3, 0.4) is 0 Å². The molecule has 1 atom stereocenters. The maximum Gasteiger partial charge on any atom is 0.179 e. The normalized spacial score (nSPS) is 12.2. The third-order valence-corrected chi connectivity index (χ3v) is 2.88. The van der Waals surface area contributed by atoms with Crippen molar-refractivity contribution >= 4 is 11.5 Å². The van der Waals surface area contributed by atoms with Crippen molar-refractivity contribution in [3.8, 4) is 5.75 Å². The standard InChI is InChI=1S/C14H22N2O3/c1-10(16-7-4-8-18-2)14(17)11-5-6-13(19-3)12(15)9-11/h5-6,9-10,16H,4,7-8,15H2,1-3H3. The van der Waals surface area contributed by atoms with E-state index in [9.17, 15) is 4.79 Å². The van der Waals surface area contributed by atoms with Gasteiger partial charge in [-0.2, -0.15) is 0 Å². The summed E-state index contributed by atoms with van der Waals surface area (Å²) in [5, 5.41) is 3.16. The highest BCUT2D eigenvalue weighted by atomic mass is 16.5. The van der Waals surface area contributed by atoms with Crippen LogP contribution in [0, 0.1) is 0 Å². The lowest BCUT2D eigenvalue weighted by Crippen LogP contribution is -2.35. The molecule has 1 aromatic rings. The van der Waals surface area contributed by atoms with E-state index in [0.717, 1.165) is 13.0 Å². The molecule has 0 aliphatic rings. The highest BCUT2D eigenvalue weighted by molar-refractivity contribution is 6.00. The summed E-state index contributed by atoms with van der Waals surface area (Å²) in [5.74, 6) is 0.601.